The van der Waals surface area contributed by atoms with Crippen LogP contribution in [0.15, 0.2) is 114 Å². The highest BCUT2D eigenvalue weighted by Gasteiger charge is 2.32. The van der Waals surface area contributed by atoms with E-state index < -0.39 is 28.5 Å². The number of rotatable bonds is 12. The normalized spacial score (nSPS) is 11.8. The van der Waals surface area contributed by atoms with E-state index in [0.29, 0.717) is 18.0 Å². The van der Waals surface area contributed by atoms with Crippen LogP contribution in [0.1, 0.15) is 25.0 Å². The molecule has 2 amide bonds. The predicted molar refractivity (Wildman–Crippen MR) is 164 cm³/mol. The minimum absolute atomic E-state index is 0.0458. The molecule has 0 aliphatic heterocycles. The highest BCUT2D eigenvalue weighted by Crippen LogP contribution is 2.28. The Morgan fingerprint density at radius 2 is 1.45 bits per heavy atom. The molecule has 0 fully saturated rings. The number of carbonyl (C=O) groups is 2. The molecule has 0 aromatic heterocycles. The molecule has 0 unspecified atom stereocenters. The van der Waals surface area contributed by atoms with Gasteiger partial charge in [0.25, 0.3) is 10.0 Å². The van der Waals surface area contributed by atoms with E-state index in [4.69, 9.17) is 4.74 Å². The lowest BCUT2D eigenvalue weighted by Crippen LogP contribution is -2.51. The Morgan fingerprint density at radius 3 is 2.07 bits per heavy atom. The Morgan fingerprint density at radius 1 is 0.833 bits per heavy atom. The van der Waals surface area contributed by atoms with Gasteiger partial charge in [0.05, 0.1) is 10.6 Å². The lowest BCUT2D eigenvalue weighted by atomic mass is 10.1. The first-order valence-electron chi connectivity index (χ1n) is 13.7. The van der Waals surface area contributed by atoms with Crippen LogP contribution in [0.2, 0.25) is 0 Å². The molecule has 218 valence electrons. The van der Waals surface area contributed by atoms with E-state index in [1.54, 1.807) is 56.3 Å². The molecule has 0 saturated heterocycles. The minimum atomic E-state index is -4.15. The lowest BCUT2D eigenvalue weighted by molar-refractivity contribution is -0.139. The second-order valence-corrected chi connectivity index (χ2v) is 11.7. The molecule has 4 aromatic carbocycles. The van der Waals surface area contributed by atoms with Crippen molar-refractivity contribution >= 4 is 27.5 Å². The second kappa shape index (κ2) is 13.8. The topological polar surface area (TPSA) is 96.0 Å². The average Bonchev–Trinajstić information content (AvgIpc) is 3.00. The number of likely N-dealkylation sites (N-methyl/N-ethyl adjacent to an activating group) is 1. The van der Waals surface area contributed by atoms with Crippen LogP contribution in [0.25, 0.3) is 0 Å². The Labute approximate surface area is 247 Å². The van der Waals surface area contributed by atoms with Crippen LogP contribution < -0.4 is 14.4 Å². The molecule has 4 rings (SSSR count). The van der Waals surface area contributed by atoms with Crippen LogP contribution in [-0.2, 0) is 26.2 Å². The number of para-hydroxylation sites is 1. The zero-order valence-corrected chi connectivity index (χ0v) is 24.8. The lowest BCUT2D eigenvalue weighted by Gasteiger charge is -2.32. The maximum absolute atomic E-state index is 14.0. The third-order valence-electron chi connectivity index (χ3n) is 6.67. The second-order valence-electron chi connectivity index (χ2n) is 9.81. The number of hydrogen-bond acceptors (Lipinski definition) is 5. The molecule has 0 heterocycles. The molecule has 8 nitrogen and oxygen atoms in total. The molecule has 9 heteroatoms. The molecule has 1 atom stereocenters. The van der Waals surface area contributed by atoms with Gasteiger partial charge in [-0.3, -0.25) is 13.9 Å². The van der Waals surface area contributed by atoms with Crippen molar-refractivity contribution in [3.8, 4) is 11.5 Å². The van der Waals surface area contributed by atoms with Crippen molar-refractivity contribution in [1.29, 1.82) is 0 Å². The first kappa shape index (κ1) is 30.3. The van der Waals surface area contributed by atoms with Crippen LogP contribution in [0.4, 0.5) is 5.69 Å². The number of benzene rings is 4. The van der Waals surface area contributed by atoms with Gasteiger partial charge >= 0.3 is 0 Å². The van der Waals surface area contributed by atoms with Crippen LogP contribution in [0.5, 0.6) is 11.5 Å². The first-order valence-corrected chi connectivity index (χ1v) is 15.2. The van der Waals surface area contributed by atoms with Gasteiger partial charge in [0.15, 0.2) is 0 Å². The molecule has 0 spiro atoms. The molecule has 42 heavy (non-hydrogen) atoms. The fourth-order valence-corrected chi connectivity index (χ4v) is 5.90. The van der Waals surface area contributed by atoms with Crippen LogP contribution in [0, 0.1) is 6.92 Å². The number of nitrogens with one attached hydrogen (secondary N) is 1. The van der Waals surface area contributed by atoms with Crippen molar-refractivity contribution in [3.05, 3.63) is 120 Å². The van der Waals surface area contributed by atoms with E-state index in [1.807, 2.05) is 61.5 Å². The fraction of sp³-hybridized carbons (Fsp3) is 0.212. The molecular formula is C33H35N3O5S. The summed E-state index contributed by atoms with van der Waals surface area (Å²) in [5.41, 5.74) is 2.13. The van der Waals surface area contributed by atoms with Gasteiger partial charge < -0.3 is 15.0 Å². The van der Waals surface area contributed by atoms with Crippen molar-refractivity contribution in [2.24, 2.45) is 0 Å². The summed E-state index contributed by atoms with van der Waals surface area (Å²) in [4.78, 5) is 28.3. The number of ether oxygens (including phenoxy) is 1. The summed E-state index contributed by atoms with van der Waals surface area (Å²) in [5, 5.41) is 2.77. The van der Waals surface area contributed by atoms with Crippen LogP contribution in [-0.4, -0.2) is 44.3 Å². The van der Waals surface area contributed by atoms with Gasteiger partial charge in [-0.05, 0) is 74.9 Å². The van der Waals surface area contributed by atoms with Crippen molar-refractivity contribution in [2.75, 3.05) is 17.4 Å². The molecule has 0 aliphatic rings. The maximum Gasteiger partial charge on any atom is 0.264 e. The van der Waals surface area contributed by atoms with Crippen molar-refractivity contribution in [3.63, 3.8) is 0 Å². The zero-order valence-electron chi connectivity index (χ0n) is 23.9. The third kappa shape index (κ3) is 7.55. The quantitative estimate of drug-likeness (QED) is 0.236. The largest absolute Gasteiger partial charge is 0.457 e. The SMILES string of the molecule is CCNC(=O)[C@@H](C)N(Cc1cccc(C)c1)C(=O)CN(c1ccc(Oc2ccccc2)cc1)S(=O)(=O)c1ccccc1. The fourth-order valence-electron chi connectivity index (χ4n) is 4.47. The summed E-state index contributed by atoms with van der Waals surface area (Å²) in [5.74, 6) is 0.317. The first-order chi connectivity index (χ1) is 20.2. The number of anilines is 1. The van der Waals surface area contributed by atoms with E-state index in [2.05, 4.69) is 5.32 Å². The highest BCUT2D eigenvalue weighted by atomic mass is 32.2. The number of carbonyl (C=O) groups excluding carboxylic acids is 2. The maximum atomic E-state index is 14.0. The van der Waals surface area contributed by atoms with Gasteiger partial charge in [0.1, 0.15) is 24.1 Å². The van der Waals surface area contributed by atoms with Crippen molar-refractivity contribution < 1.29 is 22.7 Å². The molecule has 0 aliphatic carbocycles. The van der Waals surface area contributed by atoms with Crippen LogP contribution >= 0.6 is 0 Å². The summed E-state index contributed by atoms with van der Waals surface area (Å²) in [6, 6.07) is 30.5. The van der Waals surface area contributed by atoms with Gasteiger partial charge in [0, 0.05) is 13.1 Å². The number of aryl methyl sites for hydroxylation is 1. The van der Waals surface area contributed by atoms with E-state index in [-0.39, 0.29) is 23.0 Å². The minimum Gasteiger partial charge on any atom is -0.457 e. The summed E-state index contributed by atoms with van der Waals surface area (Å²) in [6.45, 7) is 5.43. The van der Waals surface area contributed by atoms with Gasteiger partial charge in [-0.25, -0.2) is 8.42 Å². The Bertz CT molecular complexity index is 1590. The third-order valence-corrected chi connectivity index (χ3v) is 8.46. The van der Waals surface area contributed by atoms with Gasteiger partial charge in [0.2, 0.25) is 11.8 Å². The highest BCUT2D eigenvalue weighted by molar-refractivity contribution is 7.92. The number of hydrogen-bond donors (Lipinski definition) is 1. The predicted octanol–water partition coefficient (Wildman–Crippen LogP) is 5.54. The van der Waals surface area contributed by atoms with E-state index in [9.17, 15) is 18.0 Å². The summed E-state index contributed by atoms with van der Waals surface area (Å²) < 4.78 is 34.8. The van der Waals surface area contributed by atoms with Gasteiger partial charge in [-0.1, -0.05) is 66.2 Å². The molecular weight excluding hydrogens is 550 g/mol. The summed E-state index contributed by atoms with van der Waals surface area (Å²) >= 11 is 0. The number of nitrogens with zero attached hydrogens (tertiary/aromatic N) is 2. The number of amides is 2. The van der Waals surface area contributed by atoms with Gasteiger partial charge in [-0.15, -0.1) is 0 Å². The molecule has 1 N–H and O–H groups in total. The smallest absolute Gasteiger partial charge is 0.264 e. The average molecular weight is 586 g/mol. The van der Waals surface area contributed by atoms with E-state index >= 15 is 0 Å². The monoisotopic (exact) mass is 585 g/mol. The zero-order chi connectivity index (χ0) is 30.1. The van der Waals surface area contributed by atoms with Gasteiger partial charge in [-0.2, -0.15) is 0 Å². The summed E-state index contributed by atoms with van der Waals surface area (Å²) in [6.07, 6.45) is 0. The number of sulfonamides is 1. The van der Waals surface area contributed by atoms with Crippen LogP contribution in [0.3, 0.4) is 0 Å². The Kier molecular flexibility index (Phi) is 9.98. The Hall–Kier alpha value is -4.63. The standard InChI is InChI=1S/C33H35N3O5S/c1-4-34-33(38)26(3)35(23-27-13-11-12-25(2)22-27)32(37)24-36(42(39,40)31-16-9-6-10-17-31)28-18-20-30(21-19-28)41-29-14-7-5-8-15-29/h5-22,26H,4,23-24H2,1-3H3,(H,34,38)/t26-/m1/s1. The summed E-state index contributed by atoms with van der Waals surface area (Å²) in [7, 11) is -4.15. The van der Waals surface area contributed by atoms with Crippen molar-refractivity contribution in [2.45, 2.75) is 38.3 Å². The molecule has 0 saturated carbocycles. The van der Waals surface area contributed by atoms with Crippen molar-refractivity contribution in [1.82, 2.24) is 10.2 Å². The molecule has 0 bridgehead atoms. The molecule has 4 aromatic rings. The van der Waals surface area contributed by atoms with E-state index in [1.165, 1.54) is 17.0 Å². The van der Waals surface area contributed by atoms with E-state index in [0.717, 1.165) is 15.4 Å². The molecule has 0 radical (unpaired) electrons. The Balaban J connectivity index is 1.69.